The molecule has 15 fully saturated rings. The van der Waals surface area contributed by atoms with Crippen molar-refractivity contribution in [3.63, 3.8) is 0 Å². The number of aliphatic hydroxyl groups is 3. The predicted octanol–water partition coefficient (Wildman–Crippen LogP) is 18.2. The number of esters is 3. The van der Waals surface area contributed by atoms with Crippen LogP contribution in [0.2, 0.25) is 0 Å². The number of carbonyl (C=O) groups excluding carboxylic acids is 12. The van der Waals surface area contributed by atoms with Gasteiger partial charge in [-0.2, -0.15) is 0 Å². The van der Waals surface area contributed by atoms with E-state index in [9.17, 15) is 72.9 Å². The van der Waals surface area contributed by atoms with E-state index in [0.29, 0.717) is 96.3 Å². The van der Waals surface area contributed by atoms with Gasteiger partial charge in [-0.25, -0.2) is 0 Å². The van der Waals surface area contributed by atoms with Gasteiger partial charge < -0.3 is 58.0 Å². The average molecular weight is 1920 g/mol. The molecule has 3 aliphatic heterocycles. The van der Waals surface area contributed by atoms with Gasteiger partial charge in [0.25, 0.3) is 0 Å². The normalized spacial score (nSPS) is 41.4. The van der Waals surface area contributed by atoms with Gasteiger partial charge in [-0.1, -0.05) is 197 Å². The molecule has 762 valence electrons. The second-order valence-electron chi connectivity index (χ2n) is 47.8. The average Bonchev–Trinajstić information content (AvgIpc) is 1.52. The smallest absolute Gasteiger partial charge is 0.309 e. The van der Waals surface area contributed by atoms with Gasteiger partial charge in [-0.05, 0) is 226 Å². The number of rotatable bonds is 30. The Morgan fingerprint density at radius 1 is 0.355 bits per heavy atom. The zero-order chi connectivity index (χ0) is 99.1. The van der Waals surface area contributed by atoms with E-state index in [2.05, 4.69) is 41.5 Å². The molecule has 0 radical (unpaired) electrons. The third kappa shape index (κ3) is 18.3. The van der Waals surface area contributed by atoms with E-state index in [1.54, 1.807) is 57.2 Å². The molecule has 18 aliphatic rings. The van der Waals surface area contributed by atoms with Crippen molar-refractivity contribution in [1.82, 2.24) is 0 Å². The minimum absolute atomic E-state index is 0.00407. The second kappa shape index (κ2) is 41.2. The maximum absolute atomic E-state index is 14.6. The van der Waals surface area contributed by atoms with Gasteiger partial charge in [0, 0.05) is 105 Å². The van der Waals surface area contributed by atoms with Crippen LogP contribution < -0.4 is 0 Å². The Balaban J connectivity index is 0.000000150. The molecular weight excluding hydrogens is 1750 g/mol. The van der Waals surface area contributed by atoms with E-state index < -0.39 is 160 Å². The van der Waals surface area contributed by atoms with Gasteiger partial charge in [-0.15, -0.1) is 0 Å². The van der Waals surface area contributed by atoms with E-state index in [0.717, 1.165) is 132 Å². The highest BCUT2D eigenvalue weighted by Crippen LogP contribution is 2.75. The van der Waals surface area contributed by atoms with E-state index in [4.69, 9.17) is 42.6 Å². The molecule has 138 heavy (non-hydrogen) atoms. The number of allylic oxidation sites excluding steroid dienone is 12. The topological polar surface area (TPSA) is 349 Å². The van der Waals surface area contributed by atoms with E-state index in [1.807, 2.05) is 59.8 Å². The molecule has 0 aromatic carbocycles. The molecule has 0 bridgehead atoms. The molecule has 0 spiro atoms. The Labute approximate surface area is 818 Å². The molecule has 3 heterocycles. The summed E-state index contributed by atoms with van der Waals surface area (Å²) in [6, 6.07) is 0. The maximum atomic E-state index is 14.6. The van der Waals surface area contributed by atoms with Crippen molar-refractivity contribution in [2.45, 2.75) is 407 Å². The molecular formula is C114H162O24. The lowest BCUT2D eigenvalue weighted by molar-refractivity contribution is -0.210. The summed E-state index contributed by atoms with van der Waals surface area (Å²) in [5.74, 6) is -2.23. The highest BCUT2D eigenvalue weighted by Gasteiger charge is 2.80. The van der Waals surface area contributed by atoms with Gasteiger partial charge in [0.15, 0.2) is 72.8 Å². The van der Waals surface area contributed by atoms with Gasteiger partial charge in [0.2, 0.25) is 17.3 Å². The molecule has 6 unspecified atom stereocenters. The zero-order valence-electron chi connectivity index (χ0n) is 85.3. The Morgan fingerprint density at radius 2 is 0.594 bits per heavy atom. The first kappa shape index (κ1) is 104. The first-order chi connectivity index (χ1) is 65.6. The third-order valence-corrected chi connectivity index (χ3v) is 40.2. The fourth-order valence-corrected chi connectivity index (χ4v) is 32.2. The Kier molecular flexibility index (Phi) is 31.2. The molecule has 24 heteroatoms. The van der Waals surface area contributed by atoms with Crippen LogP contribution in [-0.4, -0.2) is 177 Å². The molecule has 33 atom stereocenters. The van der Waals surface area contributed by atoms with E-state index >= 15 is 0 Å². The van der Waals surface area contributed by atoms with Crippen LogP contribution in [0, 0.1) is 139 Å². The number of ketones is 9. The molecule has 24 nitrogen and oxygen atoms in total. The van der Waals surface area contributed by atoms with Crippen molar-refractivity contribution in [3.05, 3.63) is 71.4 Å². The van der Waals surface area contributed by atoms with Crippen molar-refractivity contribution in [1.29, 1.82) is 0 Å². The van der Waals surface area contributed by atoms with Gasteiger partial charge >= 0.3 is 17.9 Å². The van der Waals surface area contributed by atoms with Crippen LogP contribution in [0.3, 0.4) is 0 Å². The molecule has 18 rings (SSSR count). The minimum Gasteiger partial charge on any atom is -0.457 e. The molecule has 3 N–H and O–H groups in total. The highest BCUT2D eigenvalue weighted by molar-refractivity contribution is 6.03. The summed E-state index contributed by atoms with van der Waals surface area (Å²) in [6.07, 6.45) is 40.2. The number of Topliss-reactive ketones (excluding diaryl/α,β-unsaturated/α-hetero) is 6. The highest BCUT2D eigenvalue weighted by atomic mass is 16.8. The maximum Gasteiger partial charge on any atom is 0.309 e. The minimum atomic E-state index is -1.31. The largest absolute Gasteiger partial charge is 0.457 e. The Bertz CT molecular complexity index is 4350. The van der Waals surface area contributed by atoms with E-state index in [1.165, 1.54) is 19.3 Å². The van der Waals surface area contributed by atoms with Crippen LogP contribution in [-0.2, 0) is 100 Å². The van der Waals surface area contributed by atoms with Crippen molar-refractivity contribution < 1.29 is 115 Å². The number of fused-ring (bicyclic) bond motifs is 21. The summed E-state index contributed by atoms with van der Waals surface area (Å²) >= 11 is 0. The molecule has 15 aliphatic carbocycles. The summed E-state index contributed by atoms with van der Waals surface area (Å²) < 4.78 is 58.3. The molecule has 12 saturated carbocycles. The van der Waals surface area contributed by atoms with Crippen LogP contribution in [0.5, 0.6) is 0 Å². The standard InChI is InChI=1S/3C38H54O8/c3*1-6-29(40)22(2)12-13-23(3)34(43)44-21-31(42)38-32(45-35(46-38)24-10-8-7-9-11-24)19-28-27-15-14-25-18-26(39)16-17-36(25,4)33(27)30(41)20-37(28,38)5/h3*16-18,22-24,27-28,30,32-33,35,41H,6-15,19-21H2,1-5H3/t3*22?,23?,27-,28-,30-,32+,33+,35+,36-,37-,38+/m000/s1. The third-order valence-electron chi connectivity index (χ3n) is 40.2. The molecule has 0 amide bonds. The van der Waals surface area contributed by atoms with Crippen molar-refractivity contribution >= 4 is 70.0 Å². The van der Waals surface area contributed by atoms with Crippen molar-refractivity contribution in [2.24, 2.45) is 139 Å². The van der Waals surface area contributed by atoms with Crippen molar-refractivity contribution in [3.8, 4) is 0 Å². The predicted molar refractivity (Wildman–Crippen MR) is 514 cm³/mol. The number of carbonyl (C=O) groups is 12. The number of aliphatic hydroxyl groups excluding tert-OH is 3. The van der Waals surface area contributed by atoms with Crippen molar-refractivity contribution in [2.75, 3.05) is 19.8 Å². The zero-order valence-corrected chi connectivity index (χ0v) is 85.3. The Hall–Kier alpha value is -6.48. The number of hydrogen-bond acceptors (Lipinski definition) is 24. The van der Waals surface area contributed by atoms with Gasteiger partial charge in [-0.3, -0.25) is 57.5 Å². The fourth-order valence-electron chi connectivity index (χ4n) is 32.2. The first-order valence-electron chi connectivity index (χ1n) is 54.1. The molecule has 0 aromatic heterocycles. The van der Waals surface area contributed by atoms with Crippen LogP contribution in [0.25, 0.3) is 0 Å². The lowest BCUT2D eigenvalue weighted by Gasteiger charge is -2.59. The lowest BCUT2D eigenvalue weighted by Crippen LogP contribution is -2.63. The fraction of sp³-hybridized carbons (Fsp3) is 0.789. The van der Waals surface area contributed by atoms with Crippen LogP contribution in [0.1, 0.15) is 335 Å². The van der Waals surface area contributed by atoms with Crippen LogP contribution in [0.4, 0.5) is 0 Å². The summed E-state index contributed by atoms with van der Waals surface area (Å²) in [6.45, 7) is 28.1. The Morgan fingerprint density at radius 3 is 0.833 bits per heavy atom. The van der Waals surface area contributed by atoms with Crippen LogP contribution in [0.15, 0.2) is 71.4 Å². The quantitative estimate of drug-likeness (QED) is 0.0444. The number of hydrogen-bond donors (Lipinski definition) is 3. The summed E-state index contributed by atoms with van der Waals surface area (Å²) in [7, 11) is 0. The monoisotopic (exact) mass is 1920 g/mol. The van der Waals surface area contributed by atoms with Gasteiger partial charge in [0.05, 0.1) is 54.4 Å². The summed E-state index contributed by atoms with van der Waals surface area (Å²) in [5.41, 5.74) is -4.04. The van der Waals surface area contributed by atoms with Crippen LogP contribution >= 0.6 is 0 Å². The molecule has 0 aromatic rings. The van der Waals surface area contributed by atoms with Gasteiger partial charge in [0.1, 0.15) is 17.3 Å². The van der Waals surface area contributed by atoms with E-state index in [-0.39, 0.29) is 141 Å². The summed E-state index contributed by atoms with van der Waals surface area (Å²) in [4.78, 5) is 156. The second-order valence-corrected chi connectivity index (χ2v) is 47.8. The lowest BCUT2D eigenvalue weighted by atomic mass is 9.46. The SMILES string of the molecule is CCC(=O)C(C)CCC(C)C(=O)OCC(=O)[C@@]12O[C@H](C3CCCCC3)O[C@@H]1C[C@H]1[C@@H]3CCC4=CC(=O)C=C[C@]4(C)[C@H]3[C@@H](O)C[C@@]12C.CCC(=O)C(C)CCC(C)C(=O)OCC(=O)[C@@]12O[C@H](C3CCCCC3)O[C@@H]1C[C@H]1[C@@H]3CCC4=CC(=O)C=C[C@]4(C)[C@H]3[C@@H](O)C[C@@]12C.CCC(=O)C(C)CCC(C)C(=O)OCC(=O)[C@@]12O[C@H](C3CCCCC3)O[C@@H]1C[C@H]1[C@@H]3CCC4=CC(=O)C=C[C@]4(C)[C@H]3[C@@H](O)C[C@@]12C. The molecule has 3 saturated heterocycles. The first-order valence-corrected chi connectivity index (χ1v) is 54.1. The summed E-state index contributed by atoms with van der Waals surface area (Å²) in [5, 5.41) is 36.0. The number of ether oxygens (including phenoxy) is 9.